The van der Waals surface area contributed by atoms with E-state index >= 15 is 0 Å². The van der Waals surface area contributed by atoms with Gasteiger partial charge in [-0.2, -0.15) is 5.26 Å². The van der Waals surface area contributed by atoms with E-state index in [1.807, 2.05) is 11.4 Å². The van der Waals surface area contributed by atoms with Crippen LogP contribution in [-0.4, -0.2) is 32.7 Å². The number of ether oxygens (including phenoxy) is 1. The molecule has 9 heteroatoms. The second kappa shape index (κ2) is 7.39. The Kier molecular flexibility index (Phi) is 5.17. The number of allylic oxidation sites excluding steroid dienone is 1. The second-order valence-corrected chi connectivity index (χ2v) is 6.92. The van der Waals surface area contributed by atoms with Gasteiger partial charge in [-0.1, -0.05) is 11.6 Å². The number of aryl methyl sites for hydroxylation is 1. The Hall–Kier alpha value is -2.89. The maximum atomic E-state index is 12.9. The third-order valence-electron chi connectivity index (χ3n) is 4.04. The number of hydrogen-bond acceptors (Lipinski definition) is 6. The Morgan fingerprint density at radius 3 is 2.89 bits per heavy atom. The van der Waals surface area contributed by atoms with E-state index in [2.05, 4.69) is 9.97 Å². The molecule has 0 unspecified atom stereocenters. The van der Waals surface area contributed by atoms with Crippen LogP contribution in [0.3, 0.4) is 0 Å². The highest BCUT2D eigenvalue weighted by atomic mass is 35.5. The molecule has 0 aromatic carbocycles. The van der Waals surface area contributed by atoms with Crippen molar-refractivity contribution < 1.29 is 14.3 Å². The van der Waals surface area contributed by atoms with Gasteiger partial charge in [-0.25, -0.2) is 9.78 Å². The summed E-state index contributed by atoms with van der Waals surface area (Å²) in [4.78, 5) is 32.8. The van der Waals surface area contributed by atoms with Crippen LogP contribution in [0.5, 0.6) is 0 Å². The molecule has 0 amide bonds. The quantitative estimate of drug-likeness (QED) is 0.301. The van der Waals surface area contributed by atoms with E-state index in [9.17, 15) is 14.9 Å². The van der Waals surface area contributed by atoms with Crippen LogP contribution < -0.4 is 0 Å². The number of esters is 1. The fourth-order valence-corrected chi connectivity index (χ4v) is 3.81. The number of hydrogen-bond donors (Lipinski definition) is 1. The van der Waals surface area contributed by atoms with Gasteiger partial charge >= 0.3 is 5.97 Å². The smallest absolute Gasteiger partial charge is 0.340 e. The minimum Gasteiger partial charge on any atom is -0.462 e. The van der Waals surface area contributed by atoms with E-state index in [1.165, 1.54) is 17.4 Å². The maximum Gasteiger partial charge on any atom is 0.340 e. The first-order valence-electron chi connectivity index (χ1n) is 8.02. The van der Waals surface area contributed by atoms with Crippen molar-refractivity contribution in [1.82, 2.24) is 14.4 Å². The highest BCUT2D eigenvalue weighted by molar-refractivity contribution is 7.15. The van der Waals surface area contributed by atoms with Gasteiger partial charge in [-0.3, -0.25) is 9.20 Å². The number of rotatable bonds is 5. The van der Waals surface area contributed by atoms with Crippen molar-refractivity contribution in [3.8, 4) is 6.07 Å². The lowest BCUT2D eigenvalue weighted by Crippen LogP contribution is -2.08. The van der Waals surface area contributed by atoms with Gasteiger partial charge in [-0.05, 0) is 32.4 Å². The average molecular weight is 403 g/mol. The van der Waals surface area contributed by atoms with Crippen LogP contribution in [0.2, 0.25) is 5.15 Å². The first kappa shape index (κ1) is 18.9. The average Bonchev–Trinajstić information content (AvgIpc) is 3.26. The predicted octanol–water partition coefficient (Wildman–Crippen LogP) is 3.96. The molecule has 0 atom stereocenters. The van der Waals surface area contributed by atoms with E-state index in [0.717, 1.165) is 0 Å². The Balaban J connectivity index is 2.05. The summed E-state index contributed by atoms with van der Waals surface area (Å²) in [5, 5.41) is 11.5. The molecule has 3 heterocycles. The Labute approximate surface area is 163 Å². The molecular formula is C18H15ClN4O3S. The molecule has 3 aromatic rings. The normalized spacial score (nSPS) is 11.6. The van der Waals surface area contributed by atoms with E-state index in [0.29, 0.717) is 27.5 Å². The molecule has 0 bridgehead atoms. The van der Waals surface area contributed by atoms with Crippen molar-refractivity contribution in [2.75, 3.05) is 6.61 Å². The Morgan fingerprint density at radius 1 is 1.48 bits per heavy atom. The summed E-state index contributed by atoms with van der Waals surface area (Å²) in [5.74, 6) is -1.04. The molecule has 0 saturated carbocycles. The SMILES string of the molecule is CCOC(=O)c1c(C)[nH]c(C(=O)/C(C#N)=C/c2c(Cl)nc3sccn23)c1C. The number of aromatic amines is 1. The number of thiazole rings is 1. The third kappa shape index (κ3) is 3.27. The minimum atomic E-state index is -0.533. The summed E-state index contributed by atoms with van der Waals surface area (Å²) >= 11 is 7.53. The number of H-pyrrole nitrogens is 1. The Bertz CT molecular complexity index is 1130. The molecule has 7 nitrogen and oxygen atoms in total. The molecular weight excluding hydrogens is 388 g/mol. The number of aromatic nitrogens is 3. The predicted molar refractivity (Wildman–Crippen MR) is 102 cm³/mol. The molecule has 0 radical (unpaired) electrons. The molecule has 3 aromatic heterocycles. The Morgan fingerprint density at radius 2 is 2.22 bits per heavy atom. The number of nitriles is 1. The first-order valence-corrected chi connectivity index (χ1v) is 9.28. The standard InChI is InChI=1S/C18H15ClN4O3S/c1-4-26-17(25)13-9(2)14(21-10(13)3)15(24)11(8-20)7-12-16(19)22-18-23(12)5-6-27-18/h5-7,21H,4H2,1-3H3/b11-7+. The van der Waals surface area contributed by atoms with Gasteiger partial charge in [0.2, 0.25) is 5.78 Å². The van der Waals surface area contributed by atoms with E-state index in [-0.39, 0.29) is 23.0 Å². The highest BCUT2D eigenvalue weighted by Gasteiger charge is 2.25. The fourth-order valence-electron chi connectivity index (χ4n) is 2.81. The largest absolute Gasteiger partial charge is 0.462 e. The molecule has 0 saturated heterocycles. The maximum absolute atomic E-state index is 12.9. The number of Topliss-reactive ketones (excluding diaryl/α,β-unsaturated/α-hetero) is 1. The van der Waals surface area contributed by atoms with Gasteiger partial charge in [0, 0.05) is 17.3 Å². The molecule has 0 aliphatic carbocycles. The number of fused-ring (bicyclic) bond motifs is 1. The van der Waals surface area contributed by atoms with Gasteiger partial charge in [0.1, 0.15) is 11.6 Å². The molecule has 0 aliphatic rings. The molecule has 0 spiro atoms. The first-order chi connectivity index (χ1) is 12.9. The van der Waals surface area contributed by atoms with Crippen LogP contribution in [0.25, 0.3) is 11.0 Å². The molecule has 1 N–H and O–H groups in total. The number of halogens is 1. The van der Waals surface area contributed by atoms with Gasteiger partial charge < -0.3 is 9.72 Å². The molecule has 0 fully saturated rings. The van der Waals surface area contributed by atoms with Gasteiger partial charge in [0.15, 0.2) is 10.1 Å². The highest BCUT2D eigenvalue weighted by Crippen LogP contribution is 2.26. The summed E-state index contributed by atoms with van der Waals surface area (Å²) in [6.45, 7) is 5.25. The van der Waals surface area contributed by atoms with Crippen LogP contribution in [-0.2, 0) is 4.74 Å². The lowest BCUT2D eigenvalue weighted by atomic mass is 10.0. The number of imidazole rings is 1. The second-order valence-electron chi connectivity index (χ2n) is 5.69. The van der Waals surface area contributed by atoms with Crippen LogP contribution in [0.4, 0.5) is 0 Å². The number of carbonyl (C=O) groups excluding carboxylic acids is 2. The van der Waals surface area contributed by atoms with Gasteiger partial charge in [0.05, 0.1) is 23.6 Å². The molecule has 3 rings (SSSR count). The summed E-state index contributed by atoms with van der Waals surface area (Å²) in [6.07, 6.45) is 3.16. The van der Waals surface area contributed by atoms with Crippen molar-refractivity contribution in [2.24, 2.45) is 0 Å². The van der Waals surface area contributed by atoms with Crippen molar-refractivity contribution >= 4 is 45.7 Å². The summed E-state index contributed by atoms with van der Waals surface area (Å²) in [5.41, 5.74) is 1.76. The van der Waals surface area contributed by atoms with Crippen LogP contribution in [0.1, 0.15) is 44.7 Å². The van der Waals surface area contributed by atoms with Crippen molar-refractivity contribution in [1.29, 1.82) is 5.26 Å². The summed E-state index contributed by atoms with van der Waals surface area (Å²) in [7, 11) is 0. The lowest BCUT2D eigenvalue weighted by molar-refractivity contribution is 0.0525. The van der Waals surface area contributed by atoms with E-state index < -0.39 is 11.8 Å². The molecule has 27 heavy (non-hydrogen) atoms. The zero-order chi connectivity index (χ0) is 19.7. The number of carbonyl (C=O) groups is 2. The van der Waals surface area contributed by atoms with Crippen molar-refractivity contribution in [3.63, 3.8) is 0 Å². The number of ketones is 1. The summed E-state index contributed by atoms with van der Waals surface area (Å²) in [6, 6.07) is 1.91. The third-order valence-corrected chi connectivity index (χ3v) is 5.08. The van der Waals surface area contributed by atoms with E-state index in [1.54, 1.807) is 31.4 Å². The van der Waals surface area contributed by atoms with Gasteiger partial charge in [-0.15, -0.1) is 11.3 Å². The fraction of sp³-hybridized carbons (Fsp3) is 0.222. The summed E-state index contributed by atoms with van der Waals surface area (Å²) < 4.78 is 6.73. The number of nitrogens with one attached hydrogen (secondary N) is 1. The molecule has 0 aliphatic heterocycles. The molecule has 138 valence electrons. The van der Waals surface area contributed by atoms with Gasteiger partial charge in [0.25, 0.3) is 0 Å². The monoisotopic (exact) mass is 402 g/mol. The van der Waals surface area contributed by atoms with Crippen LogP contribution >= 0.6 is 22.9 Å². The number of nitrogens with zero attached hydrogens (tertiary/aromatic N) is 3. The minimum absolute atomic E-state index is 0.121. The topological polar surface area (TPSA) is 100 Å². The zero-order valence-electron chi connectivity index (χ0n) is 14.8. The van der Waals surface area contributed by atoms with E-state index in [4.69, 9.17) is 16.3 Å². The van der Waals surface area contributed by atoms with Crippen molar-refractivity contribution in [3.05, 3.63) is 50.5 Å². The van der Waals surface area contributed by atoms with Crippen LogP contribution in [0.15, 0.2) is 17.2 Å². The lowest BCUT2D eigenvalue weighted by Gasteiger charge is -2.02. The van der Waals surface area contributed by atoms with Crippen LogP contribution in [0, 0.1) is 25.2 Å². The zero-order valence-corrected chi connectivity index (χ0v) is 16.4. The van der Waals surface area contributed by atoms with Crippen molar-refractivity contribution in [2.45, 2.75) is 20.8 Å².